The molecule has 1 N–H and O–H groups in total. The molecule has 1 heterocycles. The Bertz CT molecular complexity index is 485. The van der Waals surface area contributed by atoms with Crippen LogP contribution in [0.1, 0.15) is 13.8 Å². The molecule has 1 aromatic heterocycles. The Balaban J connectivity index is 2.25. The van der Waals surface area contributed by atoms with Gasteiger partial charge in [0.2, 0.25) is 0 Å². The van der Waals surface area contributed by atoms with Crippen LogP contribution in [0.2, 0.25) is 0 Å². The van der Waals surface area contributed by atoms with Gasteiger partial charge in [-0.1, -0.05) is 0 Å². The zero-order valence-electron chi connectivity index (χ0n) is 9.77. The van der Waals surface area contributed by atoms with Crippen molar-refractivity contribution in [1.29, 1.82) is 0 Å². The van der Waals surface area contributed by atoms with Crippen LogP contribution in [0.4, 0.5) is 5.69 Å². The zero-order chi connectivity index (χ0) is 11.8. The molecule has 0 amide bonds. The third-order valence-corrected chi connectivity index (χ3v) is 2.38. The molecule has 0 bridgehead atoms. The third kappa shape index (κ3) is 2.33. The standard InChI is InChI=1S/C12H16N2O2/c1-12(2,15)7-14(3)9-4-5-10-11(6-9)16-8-13-10/h4-6,8,15H,7H2,1-3H3. The Kier molecular flexibility index (Phi) is 2.59. The van der Waals surface area contributed by atoms with E-state index in [1.165, 1.54) is 6.39 Å². The lowest BCUT2D eigenvalue weighted by Gasteiger charge is -2.27. The van der Waals surface area contributed by atoms with Crippen molar-refractivity contribution in [3.63, 3.8) is 0 Å². The van der Waals surface area contributed by atoms with Crippen LogP contribution in [-0.4, -0.2) is 29.3 Å². The molecule has 2 aromatic rings. The van der Waals surface area contributed by atoms with Gasteiger partial charge in [0.05, 0.1) is 5.60 Å². The SMILES string of the molecule is CN(CC(C)(C)O)c1ccc2ncoc2c1. The lowest BCUT2D eigenvalue weighted by Crippen LogP contribution is -2.36. The van der Waals surface area contributed by atoms with Crippen molar-refractivity contribution < 1.29 is 9.52 Å². The van der Waals surface area contributed by atoms with E-state index in [9.17, 15) is 5.11 Å². The highest BCUT2D eigenvalue weighted by molar-refractivity contribution is 5.77. The second-order valence-electron chi connectivity index (χ2n) is 4.67. The fourth-order valence-electron chi connectivity index (χ4n) is 1.75. The molecular weight excluding hydrogens is 204 g/mol. The molecule has 4 heteroatoms. The van der Waals surface area contributed by atoms with E-state index in [-0.39, 0.29) is 0 Å². The maximum atomic E-state index is 9.75. The van der Waals surface area contributed by atoms with Crippen LogP contribution in [-0.2, 0) is 0 Å². The van der Waals surface area contributed by atoms with Crippen LogP contribution in [0.25, 0.3) is 11.1 Å². The molecule has 0 unspecified atom stereocenters. The first kappa shape index (κ1) is 11.0. The Morgan fingerprint density at radius 3 is 2.88 bits per heavy atom. The van der Waals surface area contributed by atoms with Crippen LogP contribution < -0.4 is 4.90 Å². The molecule has 16 heavy (non-hydrogen) atoms. The van der Waals surface area contributed by atoms with Crippen LogP contribution in [0.15, 0.2) is 29.0 Å². The maximum Gasteiger partial charge on any atom is 0.181 e. The summed E-state index contributed by atoms with van der Waals surface area (Å²) >= 11 is 0. The van der Waals surface area contributed by atoms with Gasteiger partial charge in [0.25, 0.3) is 0 Å². The molecule has 86 valence electrons. The van der Waals surface area contributed by atoms with Crippen molar-refractivity contribution in [3.05, 3.63) is 24.6 Å². The van der Waals surface area contributed by atoms with Gasteiger partial charge in [-0.2, -0.15) is 0 Å². The molecule has 0 fully saturated rings. The first-order chi connectivity index (χ1) is 7.46. The minimum Gasteiger partial charge on any atom is -0.443 e. The number of hydrogen-bond donors (Lipinski definition) is 1. The average Bonchev–Trinajstić information content (AvgIpc) is 2.61. The van der Waals surface area contributed by atoms with Crippen LogP contribution in [0, 0.1) is 0 Å². The number of likely N-dealkylation sites (N-methyl/N-ethyl adjacent to an activating group) is 1. The number of aromatic nitrogens is 1. The molecule has 2 rings (SSSR count). The van der Waals surface area contributed by atoms with Crippen LogP contribution in [0.5, 0.6) is 0 Å². The third-order valence-electron chi connectivity index (χ3n) is 2.38. The molecular formula is C12H16N2O2. The largest absolute Gasteiger partial charge is 0.443 e. The van der Waals surface area contributed by atoms with Crippen molar-refractivity contribution in [1.82, 2.24) is 4.98 Å². The van der Waals surface area contributed by atoms with Crippen molar-refractivity contribution >= 4 is 16.8 Å². The van der Waals surface area contributed by atoms with Crippen molar-refractivity contribution in [2.45, 2.75) is 19.4 Å². The lowest BCUT2D eigenvalue weighted by atomic mass is 10.1. The Hall–Kier alpha value is -1.55. The fourth-order valence-corrected chi connectivity index (χ4v) is 1.75. The number of hydrogen-bond acceptors (Lipinski definition) is 4. The van der Waals surface area contributed by atoms with E-state index in [1.54, 1.807) is 13.8 Å². The lowest BCUT2D eigenvalue weighted by molar-refractivity contribution is 0.0886. The van der Waals surface area contributed by atoms with E-state index in [2.05, 4.69) is 4.98 Å². The van der Waals surface area contributed by atoms with E-state index < -0.39 is 5.60 Å². The minimum absolute atomic E-state index is 0.562. The Labute approximate surface area is 94.5 Å². The highest BCUT2D eigenvalue weighted by atomic mass is 16.3. The molecule has 4 nitrogen and oxygen atoms in total. The van der Waals surface area contributed by atoms with Gasteiger partial charge >= 0.3 is 0 Å². The van der Waals surface area contributed by atoms with Gasteiger partial charge in [-0.15, -0.1) is 0 Å². The summed E-state index contributed by atoms with van der Waals surface area (Å²) in [5.41, 5.74) is 1.90. The average molecular weight is 220 g/mol. The minimum atomic E-state index is -0.717. The highest BCUT2D eigenvalue weighted by Gasteiger charge is 2.16. The summed E-state index contributed by atoms with van der Waals surface area (Å²) in [6.45, 7) is 4.14. The van der Waals surface area contributed by atoms with E-state index in [4.69, 9.17) is 4.42 Å². The molecule has 0 aliphatic carbocycles. The van der Waals surface area contributed by atoms with Gasteiger partial charge in [0.1, 0.15) is 5.52 Å². The Morgan fingerprint density at radius 2 is 2.19 bits per heavy atom. The summed E-state index contributed by atoms with van der Waals surface area (Å²) in [6, 6.07) is 5.81. The predicted molar refractivity (Wildman–Crippen MR) is 63.6 cm³/mol. The molecule has 0 aliphatic heterocycles. The number of nitrogens with zero attached hydrogens (tertiary/aromatic N) is 2. The fraction of sp³-hybridized carbons (Fsp3) is 0.417. The molecule has 0 spiro atoms. The molecule has 1 aromatic carbocycles. The quantitative estimate of drug-likeness (QED) is 0.860. The second-order valence-corrected chi connectivity index (χ2v) is 4.67. The van der Waals surface area contributed by atoms with Crippen LogP contribution in [0.3, 0.4) is 0 Å². The first-order valence-corrected chi connectivity index (χ1v) is 5.22. The highest BCUT2D eigenvalue weighted by Crippen LogP contribution is 2.21. The number of rotatable bonds is 3. The summed E-state index contributed by atoms with van der Waals surface area (Å²) in [7, 11) is 1.94. The topological polar surface area (TPSA) is 49.5 Å². The monoisotopic (exact) mass is 220 g/mol. The van der Waals surface area contributed by atoms with E-state index >= 15 is 0 Å². The molecule has 0 radical (unpaired) electrons. The van der Waals surface area contributed by atoms with E-state index in [1.807, 2.05) is 30.1 Å². The van der Waals surface area contributed by atoms with Gasteiger partial charge in [0, 0.05) is 25.3 Å². The number of oxazole rings is 1. The molecule has 0 atom stereocenters. The van der Waals surface area contributed by atoms with Gasteiger partial charge in [0.15, 0.2) is 12.0 Å². The van der Waals surface area contributed by atoms with Gasteiger partial charge in [-0.25, -0.2) is 4.98 Å². The normalized spacial score (nSPS) is 12.0. The van der Waals surface area contributed by atoms with Crippen molar-refractivity contribution in [3.8, 4) is 0 Å². The second kappa shape index (κ2) is 3.79. The number of benzene rings is 1. The van der Waals surface area contributed by atoms with Crippen molar-refractivity contribution in [2.24, 2.45) is 0 Å². The summed E-state index contributed by atoms with van der Waals surface area (Å²) in [5.74, 6) is 0. The summed E-state index contributed by atoms with van der Waals surface area (Å²) in [4.78, 5) is 6.05. The number of fused-ring (bicyclic) bond motifs is 1. The molecule has 0 aliphatic rings. The first-order valence-electron chi connectivity index (χ1n) is 5.22. The van der Waals surface area contributed by atoms with Gasteiger partial charge in [-0.05, 0) is 26.0 Å². The zero-order valence-corrected chi connectivity index (χ0v) is 9.77. The summed E-state index contributed by atoms with van der Waals surface area (Å²) in [5, 5.41) is 9.75. The van der Waals surface area contributed by atoms with E-state index in [0.717, 1.165) is 16.8 Å². The predicted octanol–water partition coefficient (Wildman–Crippen LogP) is 2.03. The van der Waals surface area contributed by atoms with Crippen molar-refractivity contribution in [2.75, 3.05) is 18.5 Å². The molecule has 0 saturated carbocycles. The Morgan fingerprint density at radius 1 is 1.44 bits per heavy atom. The molecule has 0 saturated heterocycles. The van der Waals surface area contributed by atoms with E-state index in [0.29, 0.717) is 6.54 Å². The number of aliphatic hydroxyl groups is 1. The smallest absolute Gasteiger partial charge is 0.181 e. The number of anilines is 1. The van der Waals surface area contributed by atoms with Crippen LogP contribution >= 0.6 is 0 Å². The summed E-state index contributed by atoms with van der Waals surface area (Å²) in [6.07, 6.45) is 1.43. The van der Waals surface area contributed by atoms with Gasteiger partial charge < -0.3 is 14.4 Å². The van der Waals surface area contributed by atoms with Gasteiger partial charge in [-0.3, -0.25) is 0 Å². The summed E-state index contributed by atoms with van der Waals surface area (Å²) < 4.78 is 5.24. The maximum absolute atomic E-state index is 9.75.